The van der Waals surface area contributed by atoms with Crippen LogP contribution in [-0.4, -0.2) is 46.3 Å². The number of aromatic nitrogens is 3. The van der Waals surface area contributed by atoms with E-state index in [-0.39, 0.29) is 0 Å². The number of hydrogen-bond donors (Lipinski definition) is 1. The molecule has 4 rings (SSSR count). The zero-order valence-electron chi connectivity index (χ0n) is 17.1. The third kappa shape index (κ3) is 5.09. The van der Waals surface area contributed by atoms with Gasteiger partial charge in [-0.15, -0.1) is 5.10 Å². The fourth-order valence-corrected chi connectivity index (χ4v) is 3.56. The lowest BCUT2D eigenvalue weighted by atomic mass is 10.0. The van der Waals surface area contributed by atoms with Crippen molar-refractivity contribution < 1.29 is 0 Å². The predicted octanol–water partition coefficient (Wildman–Crippen LogP) is 4.06. The molecule has 0 aliphatic carbocycles. The zero-order chi connectivity index (χ0) is 20.1. The number of nitrogens with zero attached hydrogens (tertiary/aromatic N) is 5. The van der Waals surface area contributed by atoms with Gasteiger partial charge in [0.05, 0.1) is 6.20 Å². The fourth-order valence-electron chi connectivity index (χ4n) is 3.56. The largest absolute Gasteiger partial charge is 0.353 e. The highest BCUT2D eigenvalue weighted by Gasteiger charge is 2.19. The summed E-state index contributed by atoms with van der Waals surface area (Å²) >= 11 is 0. The van der Waals surface area contributed by atoms with E-state index in [1.165, 1.54) is 11.1 Å². The van der Waals surface area contributed by atoms with E-state index in [0.29, 0.717) is 11.9 Å². The Morgan fingerprint density at radius 3 is 2.34 bits per heavy atom. The third-order valence-electron chi connectivity index (χ3n) is 5.32. The van der Waals surface area contributed by atoms with Crippen LogP contribution in [0.25, 0.3) is 0 Å². The minimum Gasteiger partial charge on any atom is -0.353 e. The number of piperazine rings is 1. The number of rotatable bonds is 6. The Kier molecular flexibility index (Phi) is 6.00. The second-order valence-electron chi connectivity index (χ2n) is 7.79. The van der Waals surface area contributed by atoms with E-state index in [9.17, 15) is 0 Å². The molecule has 0 amide bonds. The van der Waals surface area contributed by atoms with Crippen LogP contribution in [0.5, 0.6) is 0 Å². The van der Waals surface area contributed by atoms with E-state index in [1.807, 2.05) is 0 Å². The zero-order valence-corrected chi connectivity index (χ0v) is 17.1. The van der Waals surface area contributed by atoms with Crippen molar-refractivity contribution in [3.63, 3.8) is 0 Å². The molecule has 1 aliphatic rings. The van der Waals surface area contributed by atoms with Crippen LogP contribution < -0.4 is 10.2 Å². The van der Waals surface area contributed by atoms with Gasteiger partial charge >= 0.3 is 0 Å². The van der Waals surface area contributed by atoms with Gasteiger partial charge in [0, 0.05) is 38.4 Å². The van der Waals surface area contributed by atoms with E-state index in [1.54, 1.807) is 6.20 Å². The van der Waals surface area contributed by atoms with Crippen LogP contribution in [0.4, 0.5) is 17.5 Å². The maximum Gasteiger partial charge on any atom is 0.249 e. The SMILES string of the molecule is CC(C)c1ccc(Nc2nncc(N3CCN(Cc4ccccc4)CC3)n2)cc1. The first kappa shape index (κ1) is 19.3. The molecule has 0 bridgehead atoms. The van der Waals surface area contributed by atoms with Crippen molar-refractivity contribution in [2.75, 3.05) is 36.4 Å². The van der Waals surface area contributed by atoms with Gasteiger partial charge in [-0.05, 0) is 29.2 Å². The molecule has 6 heteroatoms. The Balaban J connectivity index is 1.35. The summed E-state index contributed by atoms with van der Waals surface area (Å²) in [5.74, 6) is 1.93. The van der Waals surface area contributed by atoms with Crippen molar-refractivity contribution in [1.82, 2.24) is 20.1 Å². The van der Waals surface area contributed by atoms with Crippen molar-refractivity contribution in [2.24, 2.45) is 0 Å². The van der Waals surface area contributed by atoms with Crippen molar-refractivity contribution >= 4 is 17.5 Å². The van der Waals surface area contributed by atoms with Gasteiger partial charge in [0.2, 0.25) is 5.95 Å². The molecule has 0 unspecified atom stereocenters. The highest BCUT2D eigenvalue weighted by Crippen LogP contribution is 2.20. The summed E-state index contributed by atoms with van der Waals surface area (Å²) in [5, 5.41) is 11.6. The molecule has 1 saturated heterocycles. The molecule has 3 aromatic rings. The van der Waals surface area contributed by atoms with Gasteiger partial charge in [-0.25, -0.2) is 0 Å². The average Bonchev–Trinajstić information content (AvgIpc) is 2.76. The van der Waals surface area contributed by atoms with Crippen LogP contribution in [0, 0.1) is 0 Å². The molecular formula is C23H28N6. The summed E-state index contributed by atoms with van der Waals surface area (Å²) in [6.45, 7) is 9.28. The van der Waals surface area contributed by atoms with Gasteiger partial charge in [0.15, 0.2) is 5.82 Å². The first-order valence-electron chi connectivity index (χ1n) is 10.3. The molecule has 2 heterocycles. The van der Waals surface area contributed by atoms with E-state index in [4.69, 9.17) is 0 Å². The van der Waals surface area contributed by atoms with Gasteiger partial charge in [-0.3, -0.25) is 4.90 Å². The molecule has 2 aromatic carbocycles. The minimum atomic E-state index is 0.519. The van der Waals surface area contributed by atoms with Gasteiger partial charge in [-0.1, -0.05) is 56.3 Å². The molecular weight excluding hydrogens is 360 g/mol. The minimum absolute atomic E-state index is 0.519. The second kappa shape index (κ2) is 9.01. The van der Waals surface area contributed by atoms with E-state index < -0.39 is 0 Å². The summed E-state index contributed by atoms with van der Waals surface area (Å²) in [5.41, 5.74) is 3.65. The Bertz CT molecular complexity index is 902. The standard InChI is InChI=1S/C23H28N6/c1-18(2)20-8-10-21(11-9-20)25-23-26-22(16-24-27-23)29-14-12-28(13-15-29)17-19-6-4-3-5-7-19/h3-11,16,18H,12-15,17H2,1-2H3,(H,25,26,27). The summed E-state index contributed by atoms with van der Waals surface area (Å²) in [6, 6.07) is 19.0. The number of benzene rings is 2. The molecule has 1 aliphatic heterocycles. The van der Waals surface area contributed by atoms with Crippen molar-refractivity contribution in [1.29, 1.82) is 0 Å². The maximum absolute atomic E-state index is 4.68. The van der Waals surface area contributed by atoms with Crippen LogP contribution in [0.2, 0.25) is 0 Å². The lowest BCUT2D eigenvalue weighted by Gasteiger charge is -2.35. The molecule has 29 heavy (non-hydrogen) atoms. The molecule has 150 valence electrons. The fraction of sp³-hybridized carbons (Fsp3) is 0.348. The van der Waals surface area contributed by atoms with Crippen LogP contribution in [-0.2, 0) is 6.54 Å². The van der Waals surface area contributed by atoms with Crippen LogP contribution in [0.15, 0.2) is 60.8 Å². The second-order valence-corrected chi connectivity index (χ2v) is 7.79. The highest BCUT2D eigenvalue weighted by molar-refractivity contribution is 5.55. The summed E-state index contributed by atoms with van der Waals surface area (Å²) in [7, 11) is 0. The van der Waals surface area contributed by atoms with Gasteiger partial charge in [-0.2, -0.15) is 10.1 Å². The molecule has 0 spiro atoms. The van der Waals surface area contributed by atoms with Crippen LogP contribution >= 0.6 is 0 Å². The first-order chi connectivity index (χ1) is 14.2. The van der Waals surface area contributed by atoms with E-state index >= 15 is 0 Å². The monoisotopic (exact) mass is 388 g/mol. The molecule has 0 atom stereocenters. The lowest BCUT2D eigenvalue weighted by molar-refractivity contribution is 0.249. The third-order valence-corrected chi connectivity index (χ3v) is 5.32. The highest BCUT2D eigenvalue weighted by atomic mass is 15.3. The van der Waals surface area contributed by atoms with Crippen LogP contribution in [0.1, 0.15) is 30.9 Å². The maximum atomic E-state index is 4.68. The Morgan fingerprint density at radius 2 is 1.66 bits per heavy atom. The van der Waals surface area contributed by atoms with Gasteiger partial charge < -0.3 is 10.2 Å². The van der Waals surface area contributed by atoms with Gasteiger partial charge in [0.1, 0.15) is 0 Å². The number of hydrogen-bond acceptors (Lipinski definition) is 6. The smallest absolute Gasteiger partial charge is 0.249 e. The topological polar surface area (TPSA) is 57.2 Å². The first-order valence-corrected chi connectivity index (χ1v) is 10.3. The molecule has 1 aromatic heterocycles. The molecule has 0 radical (unpaired) electrons. The Labute approximate surface area is 172 Å². The Hall–Kier alpha value is -2.99. The molecule has 1 N–H and O–H groups in total. The van der Waals surface area contributed by atoms with Gasteiger partial charge in [0.25, 0.3) is 0 Å². The Morgan fingerprint density at radius 1 is 0.931 bits per heavy atom. The quantitative estimate of drug-likeness (QED) is 0.687. The lowest BCUT2D eigenvalue weighted by Crippen LogP contribution is -2.46. The summed E-state index contributed by atoms with van der Waals surface area (Å²) in [6.07, 6.45) is 1.75. The molecule has 0 saturated carbocycles. The molecule has 6 nitrogen and oxygen atoms in total. The molecule has 1 fully saturated rings. The van der Waals surface area contributed by atoms with Crippen molar-refractivity contribution in [2.45, 2.75) is 26.3 Å². The number of nitrogens with one attached hydrogen (secondary N) is 1. The van der Waals surface area contributed by atoms with E-state index in [0.717, 1.165) is 44.2 Å². The summed E-state index contributed by atoms with van der Waals surface area (Å²) in [4.78, 5) is 9.44. The number of anilines is 3. The average molecular weight is 389 g/mol. The van der Waals surface area contributed by atoms with Crippen molar-refractivity contribution in [3.8, 4) is 0 Å². The normalized spacial score (nSPS) is 14.9. The predicted molar refractivity (Wildman–Crippen MR) is 118 cm³/mol. The van der Waals surface area contributed by atoms with Crippen LogP contribution in [0.3, 0.4) is 0 Å². The van der Waals surface area contributed by atoms with Crippen molar-refractivity contribution in [3.05, 3.63) is 71.9 Å². The summed E-state index contributed by atoms with van der Waals surface area (Å²) < 4.78 is 0. The van der Waals surface area contributed by atoms with E-state index in [2.05, 4.69) is 98.7 Å².